The molecule has 0 aliphatic rings. The Kier molecular flexibility index (Phi) is 7.08. The van der Waals surface area contributed by atoms with E-state index in [1.54, 1.807) is 5.38 Å². The van der Waals surface area contributed by atoms with E-state index in [9.17, 15) is 18.4 Å². The van der Waals surface area contributed by atoms with E-state index >= 15 is 0 Å². The van der Waals surface area contributed by atoms with Gasteiger partial charge in [-0.05, 0) is 43.3 Å². The van der Waals surface area contributed by atoms with E-state index in [0.29, 0.717) is 12.3 Å². The highest BCUT2D eigenvalue weighted by atomic mass is 32.1. The average Bonchev–Trinajstić information content (AvgIpc) is 3.18. The van der Waals surface area contributed by atoms with Gasteiger partial charge in [0.1, 0.15) is 10.8 Å². The molecule has 0 aliphatic carbocycles. The maximum absolute atomic E-state index is 13.2. The van der Waals surface area contributed by atoms with E-state index in [0.717, 1.165) is 28.5 Å². The van der Waals surface area contributed by atoms with Gasteiger partial charge >= 0.3 is 0 Å². The van der Waals surface area contributed by atoms with Crippen LogP contribution in [0.4, 0.5) is 14.5 Å². The molecule has 3 aromatic rings. The van der Waals surface area contributed by atoms with E-state index in [-0.39, 0.29) is 24.6 Å². The fraction of sp³-hybridized carbons (Fsp3) is 0.190. The summed E-state index contributed by atoms with van der Waals surface area (Å²) in [6.07, 6.45) is 0.0198. The SMILES string of the molecule is CCOc1ccc(-c2nc(CC(=O)NCC(=O)Nc3ccc(F)c(F)c3)cs2)cc1. The van der Waals surface area contributed by atoms with Crippen LogP contribution in [0.25, 0.3) is 10.6 Å². The molecular formula is C21H19F2N3O3S. The second-order valence-electron chi connectivity index (χ2n) is 6.23. The first-order valence-electron chi connectivity index (χ1n) is 9.14. The minimum Gasteiger partial charge on any atom is -0.494 e. The molecule has 0 aliphatic heterocycles. The third-order valence-corrected chi connectivity index (χ3v) is 4.90. The van der Waals surface area contributed by atoms with Gasteiger partial charge in [-0.2, -0.15) is 0 Å². The predicted molar refractivity (Wildman–Crippen MR) is 110 cm³/mol. The molecule has 2 amide bonds. The van der Waals surface area contributed by atoms with Crippen LogP contribution in [-0.4, -0.2) is 29.9 Å². The van der Waals surface area contributed by atoms with Gasteiger partial charge in [-0.3, -0.25) is 9.59 Å². The maximum atomic E-state index is 13.2. The van der Waals surface area contributed by atoms with E-state index in [2.05, 4.69) is 15.6 Å². The minimum absolute atomic E-state index is 0.0198. The number of halogens is 2. The summed E-state index contributed by atoms with van der Waals surface area (Å²) in [5, 5.41) is 7.42. The van der Waals surface area contributed by atoms with Gasteiger partial charge in [0.2, 0.25) is 11.8 Å². The number of rotatable bonds is 8. The molecule has 30 heavy (non-hydrogen) atoms. The highest BCUT2D eigenvalue weighted by Gasteiger charge is 2.11. The largest absolute Gasteiger partial charge is 0.494 e. The first kappa shape index (κ1) is 21.4. The number of amides is 2. The number of hydrogen-bond donors (Lipinski definition) is 2. The van der Waals surface area contributed by atoms with Crippen molar-refractivity contribution in [3.8, 4) is 16.3 Å². The molecule has 9 heteroatoms. The zero-order valence-electron chi connectivity index (χ0n) is 16.1. The quantitative estimate of drug-likeness (QED) is 0.569. The lowest BCUT2D eigenvalue weighted by Crippen LogP contribution is -2.33. The van der Waals surface area contributed by atoms with Crippen molar-refractivity contribution in [3.05, 3.63) is 65.2 Å². The lowest BCUT2D eigenvalue weighted by Gasteiger charge is -2.07. The topological polar surface area (TPSA) is 80.3 Å². The van der Waals surface area contributed by atoms with Gasteiger partial charge in [0.05, 0.1) is 25.3 Å². The summed E-state index contributed by atoms with van der Waals surface area (Å²) in [6, 6.07) is 10.5. The van der Waals surface area contributed by atoms with E-state index in [1.807, 2.05) is 31.2 Å². The number of benzene rings is 2. The van der Waals surface area contributed by atoms with Crippen LogP contribution in [0.1, 0.15) is 12.6 Å². The Morgan fingerprint density at radius 2 is 1.83 bits per heavy atom. The molecule has 0 unspecified atom stereocenters. The standard InChI is InChI=1S/C21H19F2N3O3S/c1-2-29-16-6-3-13(4-7-16)21-26-15(12-30-21)10-19(27)24-11-20(28)25-14-5-8-17(22)18(23)9-14/h3-9,12H,2,10-11H2,1H3,(H,24,27)(H,25,28). The molecule has 0 bridgehead atoms. The summed E-state index contributed by atoms with van der Waals surface area (Å²) in [4.78, 5) is 28.4. The fourth-order valence-corrected chi connectivity index (χ4v) is 3.39. The summed E-state index contributed by atoms with van der Waals surface area (Å²) in [6.45, 7) is 2.21. The van der Waals surface area contributed by atoms with Crippen LogP contribution >= 0.6 is 11.3 Å². The van der Waals surface area contributed by atoms with Crippen LogP contribution in [0, 0.1) is 11.6 Å². The van der Waals surface area contributed by atoms with Crippen molar-refractivity contribution in [2.75, 3.05) is 18.5 Å². The highest BCUT2D eigenvalue weighted by Crippen LogP contribution is 2.26. The molecule has 0 fully saturated rings. The van der Waals surface area contributed by atoms with Crippen LogP contribution in [-0.2, 0) is 16.0 Å². The first-order chi connectivity index (χ1) is 14.4. The number of aromatic nitrogens is 1. The van der Waals surface area contributed by atoms with Crippen molar-refractivity contribution in [2.45, 2.75) is 13.3 Å². The summed E-state index contributed by atoms with van der Waals surface area (Å²) >= 11 is 1.42. The first-order valence-corrected chi connectivity index (χ1v) is 10.0. The van der Waals surface area contributed by atoms with Crippen LogP contribution in [0.5, 0.6) is 5.75 Å². The van der Waals surface area contributed by atoms with Crippen LogP contribution in [0.2, 0.25) is 0 Å². The second kappa shape index (κ2) is 9.93. The molecule has 2 N–H and O–H groups in total. The number of hydrogen-bond acceptors (Lipinski definition) is 5. The monoisotopic (exact) mass is 431 g/mol. The smallest absolute Gasteiger partial charge is 0.243 e. The van der Waals surface area contributed by atoms with Gasteiger partial charge in [0.15, 0.2) is 11.6 Å². The van der Waals surface area contributed by atoms with E-state index < -0.39 is 17.5 Å². The van der Waals surface area contributed by atoms with Crippen molar-refractivity contribution in [3.63, 3.8) is 0 Å². The minimum atomic E-state index is -1.07. The van der Waals surface area contributed by atoms with Gasteiger partial charge in [0, 0.05) is 22.7 Å². The Hall–Kier alpha value is -3.33. The zero-order valence-corrected chi connectivity index (χ0v) is 16.9. The Bertz CT molecular complexity index is 1040. The number of nitrogens with zero attached hydrogens (tertiary/aromatic N) is 1. The molecule has 0 radical (unpaired) electrons. The summed E-state index contributed by atoms with van der Waals surface area (Å²) < 4.78 is 31.5. The maximum Gasteiger partial charge on any atom is 0.243 e. The molecule has 1 aromatic heterocycles. The number of carbonyl (C=O) groups is 2. The van der Waals surface area contributed by atoms with Crippen LogP contribution in [0.15, 0.2) is 47.8 Å². The normalized spacial score (nSPS) is 10.5. The van der Waals surface area contributed by atoms with Crippen molar-refractivity contribution in [1.29, 1.82) is 0 Å². The van der Waals surface area contributed by atoms with Crippen molar-refractivity contribution in [1.82, 2.24) is 10.3 Å². The Morgan fingerprint density at radius 1 is 1.07 bits per heavy atom. The average molecular weight is 431 g/mol. The van der Waals surface area contributed by atoms with E-state index in [1.165, 1.54) is 17.4 Å². The molecule has 156 valence electrons. The summed E-state index contributed by atoms with van der Waals surface area (Å²) in [5.41, 5.74) is 1.61. The van der Waals surface area contributed by atoms with Gasteiger partial charge in [-0.15, -0.1) is 11.3 Å². The molecule has 0 saturated carbocycles. The van der Waals surface area contributed by atoms with Gasteiger partial charge in [-0.25, -0.2) is 13.8 Å². The third kappa shape index (κ3) is 5.84. The molecule has 2 aromatic carbocycles. The summed E-state index contributed by atoms with van der Waals surface area (Å²) in [5.74, 6) is -2.22. The third-order valence-electron chi connectivity index (χ3n) is 3.96. The molecule has 0 atom stereocenters. The number of carbonyl (C=O) groups excluding carboxylic acids is 2. The van der Waals surface area contributed by atoms with Gasteiger partial charge in [0.25, 0.3) is 0 Å². The Morgan fingerprint density at radius 3 is 2.53 bits per heavy atom. The molecule has 0 spiro atoms. The van der Waals surface area contributed by atoms with Gasteiger partial charge < -0.3 is 15.4 Å². The molecule has 1 heterocycles. The lowest BCUT2D eigenvalue weighted by atomic mass is 10.2. The van der Waals surface area contributed by atoms with Crippen LogP contribution in [0.3, 0.4) is 0 Å². The predicted octanol–water partition coefficient (Wildman–Crippen LogP) is 3.78. The van der Waals surface area contributed by atoms with Gasteiger partial charge in [-0.1, -0.05) is 0 Å². The van der Waals surface area contributed by atoms with Crippen LogP contribution < -0.4 is 15.4 Å². The lowest BCUT2D eigenvalue weighted by molar-refractivity contribution is -0.123. The fourth-order valence-electron chi connectivity index (χ4n) is 2.57. The van der Waals surface area contributed by atoms with Crippen molar-refractivity contribution < 1.29 is 23.1 Å². The number of ether oxygens (including phenoxy) is 1. The van der Waals surface area contributed by atoms with Crippen molar-refractivity contribution >= 4 is 28.8 Å². The Labute approximate surface area is 175 Å². The second-order valence-corrected chi connectivity index (χ2v) is 7.09. The Balaban J connectivity index is 1.49. The molecular weight excluding hydrogens is 412 g/mol. The number of nitrogens with one attached hydrogen (secondary N) is 2. The number of anilines is 1. The number of thiazole rings is 1. The zero-order chi connectivity index (χ0) is 21.5. The van der Waals surface area contributed by atoms with E-state index in [4.69, 9.17) is 4.74 Å². The molecule has 3 rings (SSSR count). The summed E-state index contributed by atoms with van der Waals surface area (Å²) in [7, 11) is 0. The molecule has 0 saturated heterocycles. The highest BCUT2D eigenvalue weighted by molar-refractivity contribution is 7.13. The molecule has 6 nitrogen and oxygen atoms in total. The van der Waals surface area contributed by atoms with Crippen molar-refractivity contribution in [2.24, 2.45) is 0 Å².